The molecule has 2 N–H and O–H groups in total. The number of piperazine rings is 1. The molecule has 2 atom stereocenters. The fourth-order valence-electron chi connectivity index (χ4n) is 3.49. The number of benzene rings is 1. The van der Waals surface area contributed by atoms with Crippen LogP contribution in [0.5, 0.6) is 11.5 Å². The number of likely N-dealkylation sites (N-methyl/N-ethyl adjacent to an activating group) is 1. The van der Waals surface area contributed by atoms with E-state index in [1.54, 1.807) is 7.11 Å². The molecule has 5 heteroatoms. The maximum atomic E-state index is 6.18. The summed E-state index contributed by atoms with van der Waals surface area (Å²) in [6.07, 6.45) is 2.11. The lowest BCUT2D eigenvalue weighted by Crippen LogP contribution is -2.53. The van der Waals surface area contributed by atoms with Crippen molar-refractivity contribution in [3.05, 3.63) is 23.8 Å². The summed E-state index contributed by atoms with van der Waals surface area (Å²) in [5, 5.41) is 0. The Morgan fingerprint density at radius 1 is 1.25 bits per heavy atom. The Labute approximate surface area is 146 Å². The molecule has 24 heavy (non-hydrogen) atoms. The molecule has 1 aromatic carbocycles. The molecule has 1 aromatic rings. The number of ether oxygens (including phenoxy) is 2. The van der Waals surface area contributed by atoms with Gasteiger partial charge < -0.3 is 20.1 Å². The van der Waals surface area contributed by atoms with Crippen LogP contribution < -0.4 is 15.2 Å². The topological polar surface area (TPSA) is 51.0 Å². The van der Waals surface area contributed by atoms with E-state index in [0.717, 1.165) is 44.0 Å². The lowest BCUT2D eigenvalue weighted by atomic mass is 9.99. The molecule has 0 aromatic heterocycles. The van der Waals surface area contributed by atoms with Gasteiger partial charge in [-0.05, 0) is 37.6 Å². The quantitative estimate of drug-likeness (QED) is 0.791. The highest BCUT2D eigenvalue weighted by molar-refractivity contribution is 5.44. The van der Waals surface area contributed by atoms with Gasteiger partial charge in [-0.15, -0.1) is 0 Å². The van der Waals surface area contributed by atoms with E-state index in [9.17, 15) is 0 Å². The summed E-state index contributed by atoms with van der Waals surface area (Å²) in [4.78, 5) is 4.97. The third-order valence-electron chi connectivity index (χ3n) is 4.86. The zero-order valence-electron chi connectivity index (χ0n) is 15.6. The molecule has 1 fully saturated rings. The number of nitrogens with two attached hydrogens (primary N) is 1. The van der Waals surface area contributed by atoms with Gasteiger partial charge in [-0.2, -0.15) is 0 Å². The highest BCUT2D eigenvalue weighted by atomic mass is 16.5. The van der Waals surface area contributed by atoms with Gasteiger partial charge in [-0.1, -0.05) is 19.9 Å². The first kappa shape index (κ1) is 19.0. The Balaban J connectivity index is 2.25. The summed E-state index contributed by atoms with van der Waals surface area (Å²) in [6.45, 7) is 8.90. The zero-order chi connectivity index (χ0) is 17.5. The number of hydrogen-bond donors (Lipinski definition) is 1. The number of rotatable bonds is 8. The van der Waals surface area contributed by atoms with E-state index in [4.69, 9.17) is 15.2 Å². The van der Waals surface area contributed by atoms with Gasteiger partial charge in [-0.25, -0.2) is 0 Å². The summed E-state index contributed by atoms with van der Waals surface area (Å²) in [6, 6.07) is 7.00. The average Bonchev–Trinajstić information content (AvgIpc) is 2.61. The fraction of sp³-hybridized carbons (Fsp3) is 0.684. The average molecular weight is 335 g/mol. The maximum absolute atomic E-state index is 6.18. The van der Waals surface area contributed by atoms with E-state index in [-0.39, 0.29) is 6.04 Å². The largest absolute Gasteiger partial charge is 0.493 e. The van der Waals surface area contributed by atoms with Crippen LogP contribution in [0.15, 0.2) is 18.2 Å². The molecule has 0 radical (unpaired) electrons. The molecule has 0 saturated carbocycles. The molecular formula is C19H33N3O2. The van der Waals surface area contributed by atoms with Gasteiger partial charge in [0.05, 0.1) is 13.7 Å². The van der Waals surface area contributed by atoms with Crippen molar-refractivity contribution in [2.75, 3.05) is 46.9 Å². The number of nitrogens with zero attached hydrogens (tertiary/aromatic N) is 2. The van der Waals surface area contributed by atoms with E-state index >= 15 is 0 Å². The van der Waals surface area contributed by atoms with Crippen LogP contribution in [-0.2, 0) is 0 Å². The highest BCUT2D eigenvalue weighted by Crippen LogP contribution is 2.33. The molecule has 136 valence electrons. The van der Waals surface area contributed by atoms with E-state index in [1.807, 2.05) is 6.07 Å². The van der Waals surface area contributed by atoms with Crippen molar-refractivity contribution in [3.63, 3.8) is 0 Å². The fourth-order valence-corrected chi connectivity index (χ4v) is 3.49. The molecule has 2 unspecified atom stereocenters. The molecule has 0 amide bonds. The predicted molar refractivity (Wildman–Crippen MR) is 98.9 cm³/mol. The molecule has 1 aliphatic heterocycles. The smallest absolute Gasteiger partial charge is 0.161 e. The minimum Gasteiger partial charge on any atom is -0.493 e. The Morgan fingerprint density at radius 3 is 2.67 bits per heavy atom. The third-order valence-corrected chi connectivity index (χ3v) is 4.86. The Morgan fingerprint density at radius 2 is 2.04 bits per heavy atom. The normalized spacial score (nSPS) is 20.8. The van der Waals surface area contributed by atoms with Gasteiger partial charge in [0.25, 0.3) is 0 Å². The lowest BCUT2D eigenvalue weighted by Gasteiger charge is -2.44. The van der Waals surface area contributed by atoms with Crippen molar-refractivity contribution >= 4 is 0 Å². The molecule has 0 aliphatic carbocycles. The van der Waals surface area contributed by atoms with Crippen LogP contribution in [0.2, 0.25) is 0 Å². The van der Waals surface area contributed by atoms with Gasteiger partial charge in [0.15, 0.2) is 11.5 Å². The third kappa shape index (κ3) is 4.41. The SMILES string of the molecule is CCCOc1cc(C(CN)N2CCN(C)CC2CC)ccc1OC. The predicted octanol–water partition coefficient (Wildman–Crippen LogP) is 2.51. The van der Waals surface area contributed by atoms with E-state index in [0.29, 0.717) is 19.2 Å². The van der Waals surface area contributed by atoms with E-state index < -0.39 is 0 Å². The van der Waals surface area contributed by atoms with Crippen LogP contribution in [0.25, 0.3) is 0 Å². The molecule has 1 aliphatic rings. The summed E-state index contributed by atoms with van der Waals surface area (Å²) >= 11 is 0. The van der Waals surface area contributed by atoms with E-state index in [2.05, 4.69) is 42.8 Å². The molecule has 0 spiro atoms. The first-order valence-corrected chi connectivity index (χ1v) is 9.09. The second kappa shape index (κ2) is 9.25. The minimum absolute atomic E-state index is 0.221. The summed E-state index contributed by atoms with van der Waals surface area (Å²) in [7, 11) is 3.88. The monoisotopic (exact) mass is 335 g/mol. The van der Waals surface area contributed by atoms with Gasteiger partial charge in [-0.3, -0.25) is 4.90 Å². The van der Waals surface area contributed by atoms with Gasteiger partial charge >= 0.3 is 0 Å². The standard InChI is InChI=1S/C19H33N3O2/c1-5-11-24-19-12-15(7-8-18(19)23-4)17(13-20)22-10-9-21(3)14-16(22)6-2/h7-8,12,16-17H,5-6,9-11,13-14,20H2,1-4H3. The molecular weight excluding hydrogens is 302 g/mol. The van der Waals surface area contributed by atoms with Crippen LogP contribution >= 0.6 is 0 Å². The van der Waals surface area contributed by atoms with Crippen LogP contribution in [-0.4, -0.2) is 62.8 Å². The maximum Gasteiger partial charge on any atom is 0.161 e. The second-order valence-electron chi connectivity index (χ2n) is 6.57. The summed E-state index contributed by atoms with van der Waals surface area (Å²) in [5.41, 5.74) is 7.40. The molecule has 1 saturated heterocycles. The molecule has 5 nitrogen and oxygen atoms in total. The minimum atomic E-state index is 0.221. The van der Waals surface area contributed by atoms with Crippen LogP contribution in [0.1, 0.15) is 38.3 Å². The first-order valence-electron chi connectivity index (χ1n) is 9.09. The van der Waals surface area contributed by atoms with Crippen molar-refractivity contribution in [1.82, 2.24) is 9.80 Å². The molecule has 0 bridgehead atoms. The molecule has 2 rings (SSSR count). The summed E-state index contributed by atoms with van der Waals surface area (Å²) < 4.78 is 11.3. The van der Waals surface area contributed by atoms with Gasteiger partial charge in [0.2, 0.25) is 0 Å². The lowest BCUT2D eigenvalue weighted by molar-refractivity contribution is 0.0520. The van der Waals surface area contributed by atoms with Crippen molar-refractivity contribution in [2.45, 2.75) is 38.8 Å². The van der Waals surface area contributed by atoms with Gasteiger partial charge in [0.1, 0.15) is 0 Å². The van der Waals surface area contributed by atoms with Crippen LogP contribution in [0.3, 0.4) is 0 Å². The van der Waals surface area contributed by atoms with Crippen molar-refractivity contribution in [2.24, 2.45) is 5.73 Å². The number of hydrogen-bond acceptors (Lipinski definition) is 5. The Hall–Kier alpha value is -1.30. The Bertz CT molecular complexity index is 509. The molecule has 1 heterocycles. The Kier molecular flexibility index (Phi) is 7.34. The van der Waals surface area contributed by atoms with Crippen molar-refractivity contribution < 1.29 is 9.47 Å². The second-order valence-corrected chi connectivity index (χ2v) is 6.57. The highest BCUT2D eigenvalue weighted by Gasteiger charge is 2.30. The van der Waals surface area contributed by atoms with E-state index in [1.165, 1.54) is 5.56 Å². The van der Waals surface area contributed by atoms with Gasteiger partial charge in [0, 0.05) is 38.3 Å². The van der Waals surface area contributed by atoms with Crippen LogP contribution in [0, 0.1) is 0 Å². The first-order chi connectivity index (χ1) is 11.6. The van der Waals surface area contributed by atoms with Crippen LogP contribution in [0.4, 0.5) is 0 Å². The number of methoxy groups -OCH3 is 1. The zero-order valence-corrected chi connectivity index (χ0v) is 15.6. The summed E-state index contributed by atoms with van der Waals surface area (Å²) in [5.74, 6) is 1.60. The van der Waals surface area contributed by atoms with Crippen molar-refractivity contribution in [3.8, 4) is 11.5 Å². The van der Waals surface area contributed by atoms with Crippen molar-refractivity contribution in [1.29, 1.82) is 0 Å².